The number of benzene rings is 6. The Morgan fingerprint density at radius 3 is 1.24 bits per heavy atom. The number of phenols is 2. The van der Waals surface area contributed by atoms with E-state index in [4.69, 9.17) is 48.4 Å². The maximum absolute atomic E-state index is 11.3. The molecule has 0 radical (unpaired) electrons. The predicted molar refractivity (Wildman–Crippen MR) is 273 cm³/mol. The van der Waals surface area contributed by atoms with Gasteiger partial charge in [0, 0.05) is 44.2 Å². The first-order valence-electron chi connectivity index (χ1n) is 21.9. The van der Waals surface area contributed by atoms with Crippen molar-refractivity contribution in [3.8, 4) is 34.5 Å². The average molecular weight is 978 g/mol. The van der Waals surface area contributed by atoms with Crippen molar-refractivity contribution < 1.29 is 46.2 Å². The van der Waals surface area contributed by atoms with Crippen LogP contribution in [-0.4, -0.2) is 49.1 Å². The first kappa shape index (κ1) is 53.8. The van der Waals surface area contributed by atoms with E-state index >= 15 is 0 Å². The number of methoxy groups -OCH3 is 2. The summed E-state index contributed by atoms with van der Waals surface area (Å²) < 4.78 is 22.7. The van der Waals surface area contributed by atoms with Crippen LogP contribution in [-0.2, 0) is 27.9 Å². The van der Waals surface area contributed by atoms with Crippen molar-refractivity contribution in [2.45, 2.75) is 64.2 Å². The Hall–Kier alpha value is -5.77. The molecule has 0 fully saturated rings. The minimum atomic E-state index is -0.556. The van der Waals surface area contributed by atoms with E-state index in [1.54, 1.807) is 26.4 Å². The molecule has 6 aromatic rings. The summed E-state index contributed by atoms with van der Waals surface area (Å²) in [6.07, 6.45) is 7.31. The maximum atomic E-state index is 11.3. The van der Waals surface area contributed by atoms with Crippen LogP contribution in [0.5, 0.6) is 34.5 Å². The Morgan fingerprint density at radius 1 is 0.552 bits per heavy atom. The predicted octanol–water partition coefficient (Wildman–Crippen LogP) is 14.4. The van der Waals surface area contributed by atoms with E-state index in [2.05, 4.69) is 40.9 Å². The summed E-state index contributed by atoms with van der Waals surface area (Å²) in [6.45, 7) is 16.9. The third kappa shape index (κ3) is 14.6. The van der Waals surface area contributed by atoms with E-state index < -0.39 is 27.9 Å². The molecule has 0 bridgehead atoms. The summed E-state index contributed by atoms with van der Waals surface area (Å²) in [5.74, 6) is 2.76. The van der Waals surface area contributed by atoms with Crippen LogP contribution in [0.15, 0.2) is 159 Å². The summed E-state index contributed by atoms with van der Waals surface area (Å²) in [7, 11) is 13.0. The molecule has 0 aliphatic heterocycles. The summed E-state index contributed by atoms with van der Waals surface area (Å²) in [4.78, 5) is 0. The van der Waals surface area contributed by atoms with Crippen LogP contribution in [0.25, 0.3) is 0 Å². The van der Waals surface area contributed by atoms with Gasteiger partial charge in [0.05, 0.1) is 38.9 Å². The van der Waals surface area contributed by atoms with Gasteiger partial charge in [0.1, 0.15) is 34.5 Å². The molecule has 0 amide bonds. The third-order valence-corrected chi connectivity index (χ3v) is 11.4. The molecule has 11 heteroatoms. The van der Waals surface area contributed by atoms with Gasteiger partial charge >= 0.3 is 35.6 Å². The van der Waals surface area contributed by atoms with Gasteiger partial charge in [-0.15, -0.1) is 13.2 Å². The van der Waals surface area contributed by atoms with E-state index in [0.29, 0.717) is 69.6 Å². The van der Waals surface area contributed by atoms with Gasteiger partial charge in [0.2, 0.25) is 0 Å². The quantitative estimate of drug-likeness (QED) is 0.0261. The van der Waals surface area contributed by atoms with Crippen LogP contribution < -0.4 is 18.9 Å². The second kappa shape index (κ2) is 26.5. The normalized spacial score (nSPS) is 10.8. The van der Waals surface area contributed by atoms with Crippen LogP contribution >= 0.6 is 18.6 Å². The molecule has 0 heterocycles. The SMILES string of the molecule is C=CCCCOc1cccc(C(=N)c2cc(OC)cc(C(C)(C)c3ccccc3)c2O)c1.C=CCCCOc1cccc(C(=N)c2cc(OC)cc(C(C)(C)c3ccccc3)c2O)c1.[Cl][Ti][Cl]. The van der Waals surface area contributed by atoms with E-state index in [0.717, 1.165) is 36.8 Å². The third-order valence-electron chi connectivity index (χ3n) is 11.4. The van der Waals surface area contributed by atoms with E-state index in [1.165, 1.54) is 0 Å². The molecule has 0 unspecified atom stereocenters. The van der Waals surface area contributed by atoms with Gasteiger partial charge in [0.15, 0.2) is 0 Å². The molecule has 0 aromatic heterocycles. The molecule has 0 saturated carbocycles. The van der Waals surface area contributed by atoms with Crippen LogP contribution in [0, 0.1) is 10.8 Å². The number of rotatable bonds is 20. The first-order chi connectivity index (χ1) is 32.2. The molecule has 350 valence electrons. The second-order valence-electron chi connectivity index (χ2n) is 16.6. The molecule has 0 spiro atoms. The van der Waals surface area contributed by atoms with E-state index in [1.807, 2.05) is 133 Å². The topological polar surface area (TPSA) is 125 Å². The van der Waals surface area contributed by atoms with Crippen molar-refractivity contribution in [2.24, 2.45) is 0 Å². The Labute approximate surface area is 413 Å². The van der Waals surface area contributed by atoms with Gasteiger partial charge in [-0.1, -0.05) is 125 Å². The molecule has 0 aliphatic carbocycles. The Balaban J connectivity index is 0.000000276. The van der Waals surface area contributed by atoms with Gasteiger partial charge in [-0.25, -0.2) is 0 Å². The molecule has 0 aliphatic rings. The number of nitrogens with one attached hydrogen (secondary N) is 2. The van der Waals surface area contributed by atoms with Crippen molar-refractivity contribution in [1.29, 1.82) is 10.8 Å². The van der Waals surface area contributed by atoms with E-state index in [9.17, 15) is 10.2 Å². The number of halogens is 2. The van der Waals surface area contributed by atoms with Gasteiger partial charge in [-0.05, 0) is 85.3 Å². The average Bonchev–Trinajstić information content (AvgIpc) is 3.35. The summed E-state index contributed by atoms with van der Waals surface area (Å²) in [5, 5.41) is 40.2. The van der Waals surface area contributed by atoms with Crippen LogP contribution in [0.1, 0.15) is 97.9 Å². The standard InChI is InChI=1S/2C28H31NO3.2ClH.Ti/c2*1-5-6-10-16-32-22-15-11-12-20(17-22)26(29)24-18-23(31-4)19-25(27(24)30)28(2,3)21-13-8-7-9-14-21;;;/h2*5,7-9,11-15,17-19,29-30H,1,6,10,16H2,2-4H3;2*1H;/q;;;;+2/p-2. The fraction of sp³-hybridized carbons (Fsp3) is 0.250. The number of hydrogen-bond donors (Lipinski definition) is 4. The molecule has 6 aromatic carbocycles. The summed E-state index contributed by atoms with van der Waals surface area (Å²) in [5.41, 5.74) is 5.18. The minimum absolute atomic E-state index is 0.0851. The van der Waals surface area contributed by atoms with Gasteiger partial charge in [-0.3, -0.25) is 10.8 Å². The van der Waals surface area contributed by atoms with Crippen molar-refractivity contribution >= 4 is 30.0 Å². The van der Waals surface area contributed by atoms with Crippen molar-refractivity contribution in [3.63, 3.8) is 0 Å². The summed E-state index contributed by atoms with van der Waals surface area (Å²) >= 11 is -0.556. The molecular formula is C56H62Cl2N2O6Ti. The number of unbranched alkanes of at least 4 members (excludes halogenated alkanes) is 2. The fourth-order valence-electron chi connectivity index (χ4n) is 7.44. The molecule has 0 saturated heterocycles. The van der Waals surface area contributed by atoms with Gasteiger partial charge in [0.25, 0.3) is 0 Å². The zero-order valence-corrected chi connectivity index (χ0v) is 42.4. The first-order valence-corrected chi connectivity index (χ1v) is 26.2. The number of aromatic hydroxyl groups is 2. The Morgan fingerprint density at radius 2 is 0.910 bits per heavy atom. The number of hydrogen-bond acceptors (Lipinski definition) is 8. The van der Waals surface area contributed by atoms with Crippen molar-refractivity contribution in [1.82, 2.24) is 0 Å². The molecule has 67 heavy (non-hydrogen) atoms. The summed E-state index contributed by atoms with van der Waals surface area (Å²) in [6, 6.07) is 42.0. The fourth-order valence-corrected chi connectivity index (χ4v) is 7.44. The zero-order chi connectivity index (χ0) is 49.0. The van der Waals surface area contributed by atoms with Gasteiger partial charge in [-0.2, -0.15) is 0 Å². The molecule has 4 N–H and O–H groups in total. The van der Waals surface area contributed by atoms with Gasteiger partial charge < -0.3 is 29.2 Å². The van der Waals surface area contributed by atoms with Crippen molar-refractivity contribution in [3.05, 3.63) is 203 Å². The molecule has 6 rings (SSSR count). The number of allylic oxidation sites excluding steroid dienone is 2. The molecule has 8 nitrogen and oxygen atoms in total. The van der Waals surface area contributed by atoms with Crippen LogP contribution in [0.2, 0.25) is 0 Å². The molecule has 0 atom stereocenters. The van der Waals surface area contributed by atoms with Crippen LogP contribution in [0.4, 0.5) is 0 Å². The number of ether oxygens (including phenoxy) is 4. The van der Waals surface area contributed by atoms with E-state index in [-0.39, 0.29) is 22.9 Å². The zero-order valence-electron chi connectivity index (χ0n) is 39.3. The number of phenolic OH excluding ortho intramolecular Hbond substituents is 2. The second-order valence-corrected chi connectivity index (χ2v) is 19.1. The van der Waals surface area contributed by atoms with Crippen molar-refractivity contribution in [2.75, 3.05) is 27.4 Å². The Kier molecular flexibility index (Phi) is 21.3. The van der Waals surface area contributed by atoms with Crippen LogP contribution in [0.3, 0.4) is 0 Å². The Bertz CT molecular complexity index is 2390. The monoisotopic (exact) mass is 976 g/mol. The molecular weight excluding hydrogens is 915 g/mol.